The van der Waals surface area contributed by atoms with Gasteiger partial charge in [0.05, 0.1) is 17.2 Å². The topological polar surface area (TPSA) is 70.0 Å². The molecule has 9 aromatic rings. The number of halogens is 2. The van der Waals surface area contributed by atoms with Gasteiger partial charge in [-0.05, 0) is 106 Å². The van der Waals surface area contributed by atoms with Crippen molar-refractivity contribution in [2.75, 3.05) is 0 Å². The van der Waals surface area contributed by atoms with Crippen LogP contribution >= 0.6 is 0 Å². The van der Waals surface area contributed by atoms with Gasteiger partial charge in [0, 0.05) is 50.7 Å². The van der Waals surface area contributed by atoms with Gasteiger partial charge in [-0.1, -0.05) is 108 Å². The summed E-state index contributed by atoms with van der Waals surface area (Å²) in [6, 6.07) is 52.4. The number of benzene rings is 5. The van der Waals surface area contributed by atoms with Crippen LogP contribution in [0.2, 0.25) is 0 Å². The molecular formula is C54H36F2IrN4O2-2. The predicted molar refractivity (Wildman–Crippen MR) is 237 cm³/mol. The first-order valence-corrected chi connectivity index (χ1v) is 20.4. The van der Waals surface area contributed by atoms with Crippen molar-refractivity contribution in [1.82, 2.24) is 19.9 Å². The molecule has 9 heteroatoms. The van der Waals surface area contributed by atoms with Gasteiger partial charge in [0.15, 0.2) is 17.3 Å². The van der Waals surface area contributed by atoms with Crippen molar-refractivity contribution in [3.8, 4) is 79.2 Å². The Hall–Kier alpha value is -7.19. The second kappa shape index (κ2) is 18.4. The fraction of sp³-hybridized carbons (Fsp3) is 0.0741. The van der Waals surface area contributed by atoms with Crippen molar-refractivity contribution in [3.63, 3.8) is 0 Å². The van der Waals surface area contributed by atoms with E-state index in [-0.39, 0.29) is 31.6 Å². The average Bonchev–Trinajstić information content (AvgIpc) is 3.32. The summed E-state index contributed by atoms with van der Waals surface area (Å²) in [6.07, 6.45) is 9.17. The summed E-state index contributed by atoms with van der Waals surface area (Å²) in [5, 5.41) is 0. The summed E-state index contributed by atoms with van der Waals surface area (Å²) in [7, 11) is 0. The summed E-state index contributed by atoms with van der Waals surface area (Å²) in [4.78, 5) is 17.6. The zero-order valence-corrected chi connectivity index (χ0v) is 36.1. The molecule has 0 saturated carbocycles. The van der Waals surface area contributed by atoms with E-state index in [1.54, 1.807) is 61.2 Å². The third-order valence-corrected chi connectivity index (χ3v) is 10.9. The minimum Gasteiger partial charge on any atom is -0.494 e. The fourth-order valence-electron chi connectivity index (χ4n) is 7.87. The number of hydrogen-bond acceptors (Lipinski definition) is 6. The number of para-hydroxylation sites is 2. The second-order valence-electron chi connectivity index (χ2n) is 15.0. The first kappa shape index (κ1) is 41.2. The summed E-state index contributed by atoms with van der Waals surface area (Å²) in [6.45, 7) is 0. The van der Waals surface area contributed by atoms with Gasteiger partial charge in [-0.3, -0.25) is 14.4 Å². The van der Waals surface area contributed by atoms with E-state index >= 15 is 8.78 Å². The Labute approximate surface area is 377 Å². The second-order valence-corrected chi connectivity index (χ2v) is 15.0. The van der Waals surface area contributed by atoms with Gasteiger partial charge in [-0.15, -0.1) is 35.9 Å². The first-order chi connectivity index (χ1) is 30.5. The number of hydrogen-bond donors (Lipinski definition) is 0. The van der Waals surface area contributed by atoms with Gasteiger partial charge < -0.3 is 19.4 Å². The number of aryl methyl sites for hydroxylation is 4. The maximum absolute atomic E-state index is 15.4. The zero-order chi connectivity index (χ0) is 41.8. The number of pyridine rings is 4. The van der Waals surface area contributed by atoms with Crippen molar-refractivity contribution in [2.24, 2.45) is 0 Å². The molecule has 5 heterocycles. The molecule has 1 aliphatic heterocycles. The van der Waals surface area contributed by atoms with Crippen LogP contribution in [0.4, 0.5) is 8.78 Å². The van der Waals surface area contributed by atoms with Crippen LogP contribution in [0.3, 0.4) is 0 Å². The van der Waals surface area contributed by atoms with Crippen molar-refractivity contribution in [2.45, 2.75) is 25.7 Å². The van der Waals surface area contributed by atoms with Crippen molar-refractivity contribution in [3.05, 3.63) is 216 Å². The number of aromatic nitrogens is 4. The van der Waals surface area contributed by atoms with E-state index in [9.17, 15) is 0 Å². The molecule has 1 radical (unpaired) electrons. The molecule has 0 N–H and O–H groups in total. The minimum absolute atomic E-state index is 0. The Balaban J connectivity index is 0.00000504. The van der Waals surface area contributed by atoms with Crippen LogP contribution in [0, 0.1) is 23.8 Å². The molecule has 1 aliphatic rings. The van der Waals surface area contributed by atoms with Crippen molar-refractivity contribution < 1.29 is 38.4 Å². The number of nitrogens with zero attached hydrogens (tertiary/aromatic N) is 4. The molecule has 0 saturated heterocycles. The molecule has 0 atom stereocenters. The summed E-state index contributed by atoms with van der Waals surface area (Å²) >= 11 is 0. The van der Waals surface area contributed by atoms with E-state index in [4.69, 9.17) is 9.47 Å². The number of fused-ring (bicyclic) bond motifs is 2. The maximum atomic E-state index is 15.4. The smallest absolute Gasteiger partial charge is 0.166 e. The maximum Gasteiger partial charge on any atom is 0.166 e. The Kier molecular flexibility index (Phi) is 12.0. The van der Waals surface area contributed by atoms with Crippen LogP contribution in [-0.2, 0) is 45.8 Å². The Morgan fingerprint density at radius 2 is 0.984 bits per heavy atom. The average molecular weight is 1000 g/mol. The number of rotatable bonds is 11. The summed E-state index contributed by atoms with van der Waals surface area (Å²) < 4.78 is 44.1. The van der Waals surface area contributed by atoms with Crippen LogP contribution in [0.1, 0.15) is 22.3 Å². The van der Waals surface area contributed by atoms with Gasteiger partial charge >= 0.3 is 0 Å². The minimum atomic E-state index is -0.411. The Bertz CT molecular complexity index is 2950. The molecule has 0 aliphatic carbocycles. The Morgan fingerprint density at radius 1 is 0.444 bits per heavy atom. The fourth-order valence-corrected chi connectivity index (χ4v) is 7.87. The molecule has 6 nitrogen and oxygen atoms in total. The van der Waals surface area contributed by atoms with Crippen molar-refractivity contribution >= 4 is 0 Å². The van der Waals surface area contributed by atoms with Gasteiger partial charge in [-0.25, -0.2) is 4.39 Å². The van der Waals surface area contributed by atoms with Crippen LogP contribution in [-0.4, -0.2) is 19.9 Å². The third-order valence-electron chi connectivity index (χ3n) is 10.9. The van der Waals surface area contributed by atoms with E-state index in [0.29, 0.717) is 76.9 Å². The zero-order valence-electron chi connectivity index (χ0n) is 33.7. The van der Waals surface area contributed by atoms with Crippen molar-refractivity contribution in [1.29, 1.82) is 0 Å². The normalized spacial score (nSPS) is 11.4. The molecule has 0 amide bonds. The van der Waals surface area contributed by atoms with Crippen LogP contribution in [0.15, 0.2) is 170 Å². The molecular weight excluding hydrogens is 967 g/mol. The van der Waals surface area contributed by atoms with Gasteiger partial charge in [-0.2, -0.15) is 0 Å². The molecule has 0 fully saturated rings. The van der Waals surface area contributed by atoms with Gasteiger partial charge in [0.1, 0.15) is 5.69 Å². The predicted octanol–water partition coefficient (Wildman–Crippen LogP) is 12.9. The van der Waals surface area contributed by atoms with E-state index in [1.165, 1.54) is 0 Å². The van der Waals surface area contributed by atoms with E-state index in [2.05, 4.69) is 62.4 Å². The monoisotopic (exact) mass is 1000 g/mol. The van der Waals surface area contributed by atoms with Gasteiger partial charge in [0.25, 0.3) is 0 Å². The SMILES string of the molecule is Fc1cc(CCc2cc(CCc3cnc(-c4ccccn4)c(F)c3)cc(-c3ccccc3-c3c[c-]c(-c4ccccn4)c4c3Oc3ccccc3O4)c2)c[c-]c1-c1ccccn1.[Ir]. The van der Waals surface area contributed by atoms with Gasteiger partial charge in [0.2, 0.25) is 0 Å². The summed E-state index contributed by atoms with van der Waals surface area (Å²) in [5.41, 5.74) is 10.5. The third kappa shape index (κ3) is 8.80. The summed E-state index contributed by atoms with van der Waals surface area (Å²) in [5.74, 6) is 1.56. The molecule has 0 unspecified atom stereocenters. The quantitative estimate of drug-likeness (QED) is 0.120. The molecule has 0 bridgehead atoms. The molecule has 5 aromatic carbocycles. The number of ether oxygens (including phenoxy) is 2. The molecule has 63 heavy (non-hydrogen) atoms. The van der Waals surface area contributed by atoms with Crippen LogP contribution in [0.5, 0.6) is 23.0 Å². The standard InChI is InChI=1S/C54H36F2N4O2.Ir/c55-45-32-35(22-23-43(45)47-13-5-8-26-57-47)18-19-36-29-37(20-21-38-33-46(56)52(60-34-38)49-15-7-10-28-59-49)31-39(30-36)40-11-1-2-12-41(40)42-24-25-44(48-14-6-9-27-58-48)54-53(42)61-50-16-3-4-17-51(50)62-54;/h1-17,22,24,26-34H,18-21H2;/q-2;. The van der Waals surface area contributed by atoms with E-state index < -0.39 is 5.82 Å². The Morgan fingerprint density at radius 3 is 1.62 bits per heavy atom. The molecule has 0 spiro atoms. The molecule has 309 valence electrons. The molecule has 4 aromatic heterocycles. The van der Waals surface area contributed by atoms with Crippen LogP contribution in [0.25, 0.3) is 56.2 Å². The largest absolute Gasteiger partial charge is 0.494 e. The van der Waals surface area contributed by atoms with E-state index in [0.717, 1.165) is 44.5 Å². The first-order valence-electron chi connectivity index (χ1n) is 20.4. The van der Waals surface area contributed by atoms with E-state index in [1.807, 2.05) is 78.9 Å². The van der Waals surface area contributed by atoms with Crippen LogP contribution < -0.4 is 9.47 Å². The molecule has 10 rings (SSSR count).